The Labute approximate surface area is 122 Å². The second-order valence-electron chi connectivity index (χ2n) is 7.01. The minimum absolute atomic E-state index is 0.0865. The molecule has 3 heteroatoms. The summed E-state index contributed by atoms with van der Waals surface area (Å²) in [6.45, 7) is 8.66. The van der Waals surface area contributed by atoms with Crippen LogP contribution < -0.4 is 5.32 Å². The summed E-state index contributed by atoms with van der Waals surface area (Å²) in [5.74, 6) is 4.55. The number of thioether (sulfide) groups is 1. The van der Waals surface area contributed by atoms with Crippen LogP contribution in [-0.2, 0) is 4.79 Å². The summed E-state index contributed by atoms with van der Waals surface area (Å²) < 4.78 is 0. The first-order valence-electron chi connectivity index (χ1n) is 7.89. The van der Waals surface area contributed by atoms with E-state index in [4.69, 9.17) is 0 Å². The molecule has 110 valence electrons. The van der Waals surface area contributed by atoms with Crippen LogP contribution in [0.3, 0.4) is 0 Å². The van der Waals surface area contributed by atoms with Crippen LogP contribution in [0, 0.1) is 23.7 Å². The van der Waals surface area contributed by atoms with Crippen molar-refractivity contribution < 1.29 is 4.79 Å². The maximum Gasteiger partial charge on any atom is 0.233 e. The monoisotopic (exact) mass is 283 g/mol. The molecule has 0 aromatic carbocycles. The summed E-state index contributed by atoms with van der Waals surface area (Å²) in [5.41, 5.74) is 0. The lowest BCUT2D eigenvalue weighted by Crippen LogP contribution is -2.43. The van der Waals surface area contributed by atoms with Crippen molar-refractivity contribution in [1.82, 2.24) is 5.32 Å². The number of carbonyl (C=O) groups excluding carboxylic acids is 1. The average molecular weight is 283 g/mol. The van der Waals surface area contributed by atoms with Gasteiger partial charge in [-0.1, -0.05) is 20.3 Å². The van der Waals surface area contributed by atoms with Gasteiger partial charge in [-0.05, 0) is 62.5 Å². The molecule has 0 radical (unpaired) electrons. The SMILES string of the molecule is CC(C)CSC(C)C(=O)NC(C)C1CC2CCC1C2. The lowest BCUT2D eigenvalue weighted by Gasteiger charge is -2.29. The zero-order valence-corrected chi connectivity index (χ0v) is 13.6. The molecule has 2 aliphatic carbocycles. The molecule has 2 saturated carbocycles. The van der Waals surface area contributed by atoms with Crippen molar-refractivity contribution >= 4 is 17.7 Å². The fourth-order valence-corrected chi connectivity index (χ4v) is 4.66. The van der Waals surface area contributed by atoms with Gasteiger partial charge in [-0.3, -0.25) is 4.79 Å². The summed E-state index contributed by atoms with van der Waals surface area (Å²) in [6.07, 6.45) is 5.60. The Bertz CT molecular complexity index is 318. The van der Waals surface area contributed by atoms with Crippen LogP contribution in [0.15, 0.2) is 0 Å². The van der Waals surface area contributed by atoms with E-state index < -0.39 is 0 Å². The van der Waals surface area contributed by atoms with E-state index in [9.17, 15) is 4.79 Å². The molecule has 5 atom stereocenters. The Kier molecular flexibility index (Phi) is 5.22. The quantitative estimate of drug-likeness (QED) is 0.805. The summed E-state index contributed by atoms with van der Waals surface area (Å²) in [6, 6.07) is 0.366. The van der Waals surface area contributed by atoms with Crippen molar-refractivity contribution in [1.29, 1.82) is 0 Å². The summed E-state index contributed by atoms with van der Waals surface area (Å²) in [5, 5.41) is 3.36. The van der Waals surface area contributed by atoms with Gasteiger partial charge in [-0.15, -0.1) is 11.8 Å². The van der Waals surface area contributed by atoms with Gasteiger partial charge in [-0.25, -0.2) is 0 Å². The van der Waals surface area contributed by atoms with Crippen LogP contribution in [0.2, 0.25) is 0 Å². The van der Waals surface area contributed by atoms with Crippen molar-refractivity contribution in [3.63, 3.8) is 0 Å². The van der Waals surface area contributed by atoms with Gasteiger partial charge in [0.1, 0.15) is 0 Å². The van der Waals surface area contributed by atoms with E-state index in [1.54, 1.807) is 11.8 Å². The molecular weight excluding hydrogens is 254 g/mol. The number of fused-ring (bicyclic) bond motifs is 2. The molecule has 1 N–H and O–H groups in total. The zero-order chi connectivity index (χ0) is 14.0. The van der Waals surface area contributed by atoms with E-state index in [1.807, 2.05) is 6.92 Å². The number of hydrogen-bond donors (Lipinski definition) is 1. The molecule has 2 bridgehead atoms. The predicted octanol–water partition coefficient (Wildman–Crippen LogP) is 3.71. The molecule has 19 heavy (non-hydrogen) atoms. The van der Waals surface area contributed by atoms with Gasteiger partial charge in [-0.2, -0.15) is 0 Å². The first-order chi connectivity index (χ1) is 8.97. The Morgan fingerprint density at radius 2 is 1.95 bits per heavy atom. The molecule has 2 rings (SSSR count). The number of amides is 1. The van der Waals surface area contributed by atoms with E-state index in [0.29, 0.717) is 12.0 Å². The van der Waals surface area contributed by atoms with Gasteiger partial charge in [0.05, 0.1) is 5.25 Å². The van der Waals surface area contributed by atoms with E-state index in [0.717, 1.165) is 23.5 Å². The van der Waals surface area contributed by atoms with Gasteiger partial charge in [0.2, 0.25) is 5.91 Å². The Morgan fingerprint density at radius 1 is 1.21 bits per heavy atom. The number of hydrogen-bond acceptors (Lipinski definition) is 2. The first-order valence-corrected chi connectivity index (χ1v) is 8.94. The third-order valence-electron chi connectivity index (χ3n) is 4.85. The van der Waals surface area contributed by atoms with E-state index in [2.05, 4.69) is 26.1 Å². The van der Waals surface area contributed by atoms with Crippen LogP contribution in [0.1, 0.15) is 53.4 Å². The Morgan fingerprint density at radius 3 is 2.47 bits per heavy atom. The van der Waals surface area contributed by atoms with Gasteiger partial charge in [0, 0.05) is 6.04 Å². The molecule has 0 heterocycles. The molecular formula is C16H29NOS. The molecule has 0 spiro atoms. The van der Waals surface area contributed by atoms with E-state index in [-0.39, 0.29) is 11.2 Å². The molecule has 1 amide bonds. The minimum atomic E-state index is 0.0865. The number of carbonyl (C=O) groups is 1. The van der Waals surface area contributed by atoms with Gasteiger partial charge in [0.25, 0.3) is 0 Å². The van der Waals surface area contributed by atoms with E-state index in [1.165, 1.54) is 25.7 Å². The minimum Gasteiger partial charge on any atom is -0.352 e. The fourth-order valence-electron chi connectivity index (χ4n) is 3.77. The second-order valence-corrected chi connectivity index (χ2v) is 8.38. The zero-order valence-electron chi connectivity index (χ0n) is 12.8. The van der Waals surface area contributed by atoms with Crippen LogP contribution in [0.5, 0.6) is 0 Å². The topological polar surface area (TPSA) is 29.1 Å². The van der Waals surface area contributed by atoms with E-state index >= 15 is 0 Å². The highest BCUT2D eigenvalue weighted by atomic mass is 32.2. The predicted molar refractivity (Wildman–Crippen MR) is 83.3 cm³/mol. The standard InChI is InChI=1S/C16H29NOS/c1-10(2)9-19-12(4)16(18)17-11(3)15-8-13-5-6-14(15)7-13/h10-15H,5-9H2,1-4H3,(H,17,18). The van der Waals surface area contributed by atoms with Crippen molar-refractivity contribution in [2.24, 2.45) is 23.7 Å². The van der Waals surface area contributed by atoms with Crippen molar-refractivity contribution in [3.05, 3.63) is 0 Å². The maximum absolute atomic E-state index is 12.2. The smallest absolute Gasteiger partial charge is 0.233 e. The molecule has 0 aliphatic heterocycles. The Hall–Kier alpha value is -0.180. The van der Waals surface area contributed by atoms with Crippen LogP contribution >= 0.6 is 11.8 Å². The molecule has 2 fully saturated rings. The number of nitrogens with one attached hydrogen (secondary N) is 1. The lowest BCUT2D eigenvalue weighted by molar-refractivity contribution is -0.121. The molecule has 0 aromatic heterocycles. The molecule has 2 aliphatic rings. The molecule has 0 aromatic rings. The maximum atomic E-state index is 12.2. The summed E-state index contributed by atoms with van der Waals surface area (Å²) in [7, 11) is 0. The highest BCUT2D eigenvalue weighted by molar-refractivity contribution is 8.00. The third kappa shape index (κ3) is 3.90. The van der Waals surface area contributed by atoms with Gasteiger partial charge in [0.15, 0.2) is 0 Å². The van der Waals surface area contributed by atoms with Crippen molar-refractivity contribution in [3.8, 4) is 0 Å². The van der Waals surface area contributed by atoms with Gasteiger partial charge >= 0.3 is 0 Å². The van der Waals surface area contributed by atoms with Gasteiger partial charge < -0.3 is 5.32 Å². The molecule has 0 saturated heterocycles. The largest absolute Gasteiger partial charge is 0.352 e. The van der Waals surface area contributed by atoms with Crippen LogP contribution in [0.25, 0.3) is 0 Å². The highest BCUT2D eigenvalue weighted by Crippen LogP contribution is 2.49. The third-order valence-corrected chi connectivity index (χ3v) is 6.43. The van der Waals surface area contributed by atoms with Crippen LogP contribution in [0.4, 0.5) is 0 Å². The summed E-state index contributed by atoms with van der Waals surface area (Å²) >= 11 is 1.78. The second kappa shape index (κ2) is 6.51. The number of rotatable bonds is 6. The first kappa shape index (κ1) is 15.2. The molecule has 2 nitrogen and oxygen atoms in total. The Balaban J connectivity index is 1.75. The average Bonchev–Trinajstić information content (AvgIpc) is 2.97. The molecule has 5 unspecified atom stereocenters. The fraction of sp³-hybridized carbons (Fsp3) is 0.938. The van der Waals surface area contributed by atoms with Crippen LogP contribution in [-0.4, -0.2) is 23.0 Å². The van der Waals surface area contributed by atoms with Crippen molar-refractivity contribution in [2.75, 3.05) is 5.75 Å². The summed E-state index contributed by atoms with van der Waals surface area (Å²) in [4.78, 5) is 12.2. The highest BCUT2D eigenvalue weighted by Gasteiger charge is 2.42. The lowest BCUT2D eigenvalue weighted by atomic mass is 9.84. The normalized spacial score (nSPS) is 32.6. The van der Waals surface area contributed by atoms with Crippen molar-refractivity contribution in [2.45, 2.75) is 64.7 Å².